The Labute approximate surface area is 233 Å². The molecule has 0 aliphatic carbocycles. The summed E-state index contributed by atoms with van der Waals surface area (Å²) in [6.45, 7) is 6.26. The molecule has 0 bridgehead atoms. The average molecular weight is 578 g/mol. The van der Waals surface area contributed by atoms with E-state index >= 15 is 0 Å². The van der Waals surface area contributed by atoms with Crippen LogP contribution in [0.1, 0.15) is 49.5 Å². The highest BCUT2D eigenvalue weighted by molar-refractivity contribution is 7.89. The minimum Gasteiger partial charge on any atom is -0.496 e. The van der Waals surface area contributed by atoms with Crippen molar-refractivity contribution in [1.29, 1.82) is 0 Å². The fraction of sp³-hybridized carbons (Fsp3) is 0.462. The molecule has 13 heteroatoms. The molecule has 0 aliphatic heterocycles. The minimum atomic E-state index is -3.98. The van der Waals surface area contributed by atoms with E-state index in [1.807, 2.05) is 26.8 Å². The van der Waals surface area contributed by atoms with E-state index in [0.29, 0.717) is 12.2 Å². The van der Waals surface area contributed by atoms with Crippen LogP contribution >= 0.6 is 11.3 Å². The number of anilines is 1. The molecule has 0 radical (unpaired) electrons. The molecule has 2 aromatic heterocycles. The van der Waals surface area contributed by atoms with Crippen LogP contribution in [0, 0.1) is 0 Å². The zero-order valence-corrected chi connectivity index (χ0v) is 24.6. The van der Waals surface area contributed by atoms with Gasteiger partial charge in [-0.15, -0.1) is 11.3 Å². The molecule has 212 valence electrons. The van der Waals surface area contributed by atoms with Crippen LogP contribution in [0.2, 0.25) is 0 Å². The van der Waals surface area contributed by atoms with Gasteiger partial charge >= 0.3 is 0 Å². The molecular weight excluding hydrogens is 542 g/mol. The third-order valence-electron chi connectivity index (χ3n) is 6.12. The number of nitrogens with zero attached hydrogens (tertiary/aromatic N) is 4. The fourth-order valence-electron chi connectivity index (χ4n) is 4.35. The Balaban J connectivity index is 2.27. The number of rotatable bonds is 12. The van der Waals surface area contributed by atoms with Crippen molar-refractivity contribution < 1.29 is 27.5 Å². The van der Waals surface area contributed by atoms with Crippen LogP contribution in [-0.2, 0) is 31.5 Å². The van der Waals surface area contributed by atoms with Gasteiger partial charge in [-0.3, -0.25) is 23.9 Å². The quantitative estimate of drug-likeness (QED) is 0.325. The van der Waals surface area contributed by atoms with Gasteiger partial charge in [-0.25, -0.2) is 13.4 Å². The summed E-state index contributed by atoms with van der Waals surface area (Å²) in [6, 6.07) is 6.81. The van der Waals surface area contributed by atoms with E-state index in [4.69, 9.17) is 9.47 Å². The topological polar surface area (TPSA) is 133 Å². The summed E-state index contributed by atoms with van der Waals surface area (Å²) in [6.07, 6.45) is 6.00. The predicted octanol–water partition coefficient (Wildman–Crippen LogP) is 3.23. The van der Waals surface area contributed by atoms with E-state index in [2.05, 4.69) is 14.8 Å². The molecule has 3 aromatic rings. The summed E-state index contributed by atoms with van der Waals surface area (Å²) in [5, 5.41) is 6.16. The zero-order chi connectivity index (χ0) is 28.8. The Bertz CT molecular complexity index is 1370. The van der Waals surface area contributed by atoms with Crippen molar-refractivity contribution in [2.75, 3.05) is 32.0 Å². The molecule has 2 amide bonds. The number of aromatic nitrogens is 3. The Morgan fingerprint density at radius 2 is 1.92 bits per heavy atom. The van der Waals surface area contributed by atoms with E-state index in [1.165, 1.54) is 30.0 Å². The minimum absolute atomic E-state index is 0.0601. The van der Waals surface area contributed by atoms with Crippen LogP contribution in [0.25, 0.3) is 0 Å². The summed E-state index contributed by atoms with van der Waals surface area (Å²) in [4.78, 5) is 34.0. The van der Waals surface area contributed by atoms with E-state index in [9.17, 15) is 18.0 Å². The second kappa shape index (κ2) is 12.3. The maximum atomic E-state index is 14.4. The lowest BCUT2D eigenvalue weighted by Gasteiger charge is -2.41. The second-order valence-electron chi connectivity index (χ2n) is 10.2. The monoisotopic (exact) mass is 577 g/mol. The lowest BCUT2D eigenvalue weighted by Crippen LogP contribution is -2.64. The van der Waals surface area contributed by atoms with Crippen molar-refractivity contribution >= 4 is 38.3 Å². The number of hydrogen-bond acceptors (Lipinski definition) is 9. The highest BCUT2D eigenvalue weighted by atomic mass is 32.2. The van der Waals surface area contributed by atoms with Crippen molar-refractivity contribution in [3.8, 4) is 5.75 Å². The number of carbonyl (C=O) groups is 2. The van der Waals surface area contributed by atoms with Crippen molar-refractivity contribution in [1.82, 2.24) is 19.5 Å². The molecule has 11 nitrogen and oxygen atoms in total. The SMILES string of the molecule is COCCCC(Cn1cccn1)(C(=O)NS(C)(=O)=O)N(C(=O)c1ccc(C(C)(C)C)c(OC)c1)c1nccs1. The molecule has 0 saturated heterocycles. The summed E-state index contributed by atoms with van der Waals surface area (Å²) in [5.74, 6) is -0.902. The third kappa shape index (κ3) is 7.22. The van der Waals surface area contributed by atoms with Gasteiger partial charge < -0.3 is 9.47 Å². The molecule has 0 fully saturated rings. The fourth-order valence-corrected chi connectivity index (χ4v) is 5.60. The maximum absolute atomic E-state index is 14.4. The van der Waals surface area contributed by atoms with Gasteiger partial charge in [0.25, 0.3) is 11.8 Å². The van der Waals surface area contributed by atoms with E-state index in [0.717, 1.165) is 23.2 Å². The zero-order valence-electron chi connectivity index (χ0n) is 23.0. The molecule has 0 aliphatic rings. The molecule has 2 heterocycles. The standard InChI is InChI=1S/C26H35N5O6S2/c1-25(2,3)20-10-9-19(17-21(20)37-5)22(32)31(24-27-13-16-38-24)26(11-7-15-36-4,18-30-14-8-12-28-30)23(33)29-39(6,34)35/h8-10,12-14,16-17H,7,11,15,18H2,1-6H3,(H,29,33). The predicted molar refractivity (Wildman–Crippen MR) is 150 cm³/mol. The van der Waals surface area contributed by atoms with Crippen molar-refractivity contribution in [2.45, 2.75) is 51.1 Å². The highest BCUT2D eigenvalue weighted by Gasteiger charge is 2.50. The first-order chi connectivity index (χ1) is 18.3. The third-order valence-corrected chi connectivity index (χ3v) is 7.43. The van der Waals surface area contributed by atoms with Crippen molar-refractivity contribution in [3.63, 3.8) is 0 Å². The largest absolute Gasteiger partial charge is 0.496 e. The van der Waals surface area contributed by atoms with Gasteiger partial charge in [0.05, 0.1) is 19.9 Å². The number of carbonyl (C=O) groups excluding carboxylic acids is 2. The Hall–Kier alpha value is -3.29. The Morgan fingerprint density at radius 3 is 2.46 bits per heavy atom. The van der Waals surface area contributed by atoms with Crippen LogP contribution in [0.5, 0.6) is 5.75 Å². The number of hydrogen-bond donors (Lipinski definition) is 1. The second-order valence-corrected chi connectivity index (χ2v) is 12.8. The van der Waals surface area contributed by atoms with Gasteiger partial charge in [0.1, 0.15) is 11.3 Å². The average Bonchev–Trinajstić information content (AvgIpc) is 3.56. The van der Waals surface area contributed by atoms with Crippen LogP contribution in [0.3, 0.4) is 0 Å². The normalized spacial score (nSPS) is 13.5. The molecule has 3 rings (SSSR count). The number of methoxy groups -OCH3 is 2. The van der Waals surface area contributed by atoms with Gasteiger partial charge in [-0.1, -0.05) is 26.8 Å². The molecule has 1 unspecified atom stereocenters. The number of ether oxygens (including phenoxy) is 2. The van der Waals surface area contributed by atoms with Crippen LogP contribution in [0.4, 0.5) is 5.13 Å². The van der Waals surface area contributed by atoms with E-state index in [1.54, 1.807) is 36.0 Å². The van der Waals surface area contributed by atoms with Crippen LogP contribution in [-0.4, -0.2) is 67.6 Å². The van der Waals surface area contributed by atoms with Gasteiger partial charge in [-0.05, 0) is 42.0 Å². The maximum Gasteiger partial charge on any atom is 0.261 e. The molecular formula is C26H35N5O6S2. The number of sulfonamides is 1. The molecule has 1 N–H and O–H groups in total. The smallest absolute Gasteiger partial charge is 0.261 e. The first-order valence-corrected chi connectivity index (χ1v) is 15.0. The molecule has 0 saturated carbocycles. The number of benzene rings is 1. The van der Waals surface area contributed by atoms with E-state index < -0.39 is 27.4 Å². The summed E-state index contributed by atoms with van der Waals surface area (Å²) < 4.78 is 39.0. The van der Waals surface area contributed by atoms with Gasteiger partial charge in [0, 0.05) is 43.3 Å². The Kier molecular flexibility index (Phi) is 9.51. The lowest BCUT2D eigenvalue weighted by atomic mass is 9.85. The van der Waals surface area contributed by atoms with E-state index in [-0.39, 0.29) is 35.7 Å². The van der Waals surface area contributed by atoms with Gasteiger partial charge in [0.2, 0.25) is 10.0 Å². The Morgan fingerprint density at radius 1 is 1.18 bits per heavy atom. The summed E-state index contributed by atoms with van der Waals surface area (Å²) in [5.41, 5.74) is -0.835. The first-order valence-electron chi connectivity index (χ1n) is 12.2. The highest BCUT2D eigenvalue weighted by Crippen LogP contribution is 2.36. The number of thiazole rings is 1. The van der Waals surface area contributed by atoms with Crippen LogP contribution < -0.4 is 14.4 Å². The van der Waals surface area contributed by atoms with Gasteiger partial charge in [-0.2, -0.15) is 5.10 Å². The molecule has 1 aromatic carbocycles. The van der Waals surface area contributed by atoms with Crippen molar-refractivity contribution in [3.05, 3.63) is 59.4 Å². The summed E-state index contributed by atoms with van der Waals surface area (Å²) >= 11 is 1.16. The first kappa shape index (κ1) is 30.3. The molecule has 39 heavy (non-hydrogen) atoms. The summed E-state index contributed by atoms with van der Waals surface area (Å²) in [7, 11) is -0.919. The van der Waals surface area contributed by atoms with Crippen molar-refractivity contribution in [2.24, 2.45) is 0 Å². The number of amides is 2. The number of nitrogens with one attached hydrogen (secondary N) is 1. The lowest BCUT2D eigenvalue weighted by molar-refractivity contribution is -0.125. The molecule has 1 atom stereocenters. The van der Waals surface area contributed by atoms with Crippen LogP contribution in [0.15, 0.2) is 48.2 Å². The molecule has 0 spiro atoms. The van der Waals surface area contributed by atoms with Gasteiger partial charge in [0.15, 0.2) is 5.13 Å².